The minimum Gasteiger partial charge on any atom is -0.486 e. The molecule has 0 unspecified atom stereocenters. The molecule has 3 aromatic carbocycles. The Labute approximate surface area is 215 Å². The van der Waals surface area contributed by atoms with Crippen molar-refractivity contribution >= 4 is 11.8 Å². The van der Waals surface area contributed by atoms with Crippen LogP contribution in [0.4, 0.5) is 0 Å². The molecule has 1 aliphatic heterocycles. The lowest BCUT2D eigenvalue weighted by molar-refractivity contribution is 0.0694. The van der Waals surface area contributed by atoms with E-state index in [4.69, 9.17) is 9.15 Å². The second-order valence-electron chi connectivity index (χ2n) is 9.59. The smallest absolute Gasteiger partial charge is 0.287 e. The Morgan fingerprint density at radius 1 is 0.919 bits per heavy atom. The van der Waals surface area contributed by atoms with E-state index in [2.05, 4.69) is 23.5 Å². The summed E-state index contributed by atoms with van der Waals surface area (Å²) in [5.41, 5.74) is 4.00. The number of ether oxygens (including phenoxy) is 1. The van der Waals surface area contributed by atoms with Crippen molar-refractivity contribution in [3.05, 3.63) is 125 Å². The van der Waals surface area contributed by atoms with E-state index in [9.17, 15) is 9.59 Å². The highest BCUT2D eigenvalue weighted by Gasteiger charge is 2.33. The highest BCUT2D eigenvalue weighted by Crippen LogP contribution is 2.38. The molecule has 186 valence electrons. The molecule has 2 heterocycles. The van der Waals surface area contributed by atoms with Crippen molar-refractivity contribution in [2.45, 2.75) is 38.0 Å². The summed E-state index contributed by atoms with van der Waals surface area (Å²) in [7, 11) is 0. The molecule has 4 aromatic rings. The zero-order valence-corrected chi connectivity index (χ0v) is 20.4. The number of nitrogens with zero attached hydrogens (tertiary/aromatic N) is 1. The maximum absolute atomic E-state index is 13.6. The second kappa shape index (κ2) is 9.97. The summed E-state index contributed by atoms with van der Waals surface area (Å²) in [6.45, 7) is 0.844. The summed E-state index contributed by atoms with van der Waals surface area (Å²) in [6.07, 6.45) is 2.83. The molecule has 1 aliphatic carbocycles. The van der Waals surface area contributed by atoms with Crippen LogP contribution in [0.5, 0.6) is 5.75 Å². The largest absolute Gasteiger partial charge is 0.486 e. The molecule has 1 aromatic heterocycles. The first-order chi connectivity index (χ1) is 18.2. The van der Waals surface area contributed by atoms with E-state index < -0.39 is 0 Å². The number of carbonyl (C=O) groups excluding carboxylic acids is 2. The summed E-state index contributed by atoms with van der Waals surface area (Å²) in [4.78, 5) is 27.7. The number of furan rings is 1. The van der Waals surface area contributed by atoms with Gasteiger partial charge in [0.2, 0.25) is 0 Å². The standard InChI is InChI=1S/C31H28N2O4/c34-30(32-24-12-13-24)28-16-15-26(37-28)20-36-25-14-11-21-17-18-33(31(35)23-9-5-2-6-10-23)29(27(21)19-25)22-7-3-1-4-8-22/h1-11,14-16,19,24,29H,12-13,17-18,20H2,(H,32,34)/t29-/m1/s1. The van der Waals surface area contributed by atoms with Gasteiger partial charge < -0.3 is 19.4 Å². The Bertz CT molecular complexity index is 1410. The lowest BCUT2D eigenvalue weighted by Gasteiger charge is -2.38. The van der Waals surface area contributed by atoms with Gasteiger partial charge in [-0.25, -0.2) is 0 Å². The fourth-order valence-electron chi connectivity index (χ4n) is 4.86. The molecule has 2 amide bonds. The van der Waals surface area contributed by atoms with Crippen molar-refractivity contribution in [1.82, 2.24) is 10.2 Å². The van der Waals surface area contributed by atoms with E-state index >= 15 is 0 Å². The van der Waals surface area contributed by atoms with Crippen LogP contribution in [0.1, 0.15) is 62.2 Å². The van der Waals surface area contributed by atoms with Crippen molar-refractivity contribution in [3.8, 4) is 5.75 Å². The highest BCUT2D eigenvalue weighted by atomic mass is 16.5. The first kappa shape index (κ1) is 23.1. The zero-order chi connectivity index (χ0) is 25.2. The molecule has 0 radical (unpaired) electrons. The summed E-state index contributed by atoms with van der Waals surface area (Å²) < 4.78 is 11.8. The van der Waals surface area contributed by atoms with E-state index in [1.807, 2.05) is 65.6 Å². The summed E-state index contributed by atoms with van der Waals surface area (Å²) in [5, 5.41) is 2.93. The first-order valence-corrected chi connectivity index (χ1v) is 12.7. The number of hydrogen-bond donors (Lipinski definition) is 1. The molecule has 37 heavy (non-hydrogen) atoms. The topological polar surface area (TPSA) is 71.8 Å². The van der Waals surface area contributed by atoms with Crippen LogP contribution in [0.25, 0.3) is 0 Å². The number of nitrogens with one attached hydrogen (secondary N) is 1. The van der Waals surface area contributed by atoms with Gasteiger partial charge in [-0.1, -0.05) is 54.6 Å². The van der Waals surface area contributed by atoms with Crippen LogP contribution in [-0.4, -0.2) is 29.3 Å². The number of benzene rings is 3. The van der Waals surface area contributed by atoms with Gasteiger partial charge in [0.1, 0.15) is 18.1 Å². The monoisotopic (exact) mass is 492 g/mol. The molecule has 6 rings (SSSR count). The van der Waals surface area contributed by atoms with Crippen LogP contribution in [0.3, 0.4) is 0 Å². The van der Waals surface area contributed by atoms with Gasteiger partial charge in [-0.2, -0.15) is 0 Å². The second-order valence-corrected chi connectivity index (χ2v) is 9.59. The minimum atomic E-state index is -0.220. The summed E-state index contributed by atoms with van der Waals surface area (Å²) in [5.74, 6) is 1.40. The number of fused-ring (bicyclic) bond motifs is 1. The predicted molar refractivity (Wildman–Crippen MR) is 139 cm³/mol. The summed E-state index contributed by atoms with van der Waals surface area (Å²) in [6, 6.07) is 29.1. The van der Waals surface area contributed by atoms with Crippen LogP contribution in [0.2, 0.25) is 0 Å². The molecule has 0 saturated heterocycles. The van der Waals surface area contributed by atoms with Gasteiger partial charge in [-0.05, 0) is 72.4 Å². The fraction of sp³-hybridized carbons (Fsp3) is 0.226. The zero-order valence-electron chi connectivity index (χ0n) is 20.4. The van der Waals surface area contributed by atoms with E-state index in [0.29, 0.717) is 29.4 Å². The molecule has 6 nitrogen and oxygen atoms in total. The van der Waals surface area contributed by atoms with Crippen LogP contribution in [-0.2, 0) is 13.0 Å². The van der Waals surface area contributed by atoms with Crippen molar-refractivity contribution in [3.63, 3.8) is 0 Å². The van der Waals surface area contributed by atoms with E-state index in [1.165, 1.54) is 5.56 Å². The van der Waals surface area contributed by atoms with Gasteiger partial charge >= 0.3 is 0 Å². The van der Waals surface area contributed by atoms with Gasteiger partial charge in [-0.3, -0.25) is 9.59 Å². The quantitative estimate of drug-likeness (QED) is 0.368. The Morgan fingerprint density at radius 3 is 2.43 bits per heavy atom. The lowest BCUT2D eigenvalue weighted by Crippen LogP contribution is -2.40. The minimum absolute atomic E-state index is 0.0130. The average molecular weight is 493 g/mol. The number of hydrogen-bond acceptors (Lipinski definition) is 4. The Balaban J connectivity index is 1.25. The Hall–Kier alpha value is -4.32. The number of amides is 2. The van der Waals surface area contributed by atoms with Gasteiger partial charge in [-0.15, -0.1) is 0 Å². The van der Waals surface area contributed by atoms with Gasteiger partial charge in [0.25, 0.3) is 11.8 Å². The molecule has 2 aliphatic rings. The van der Waals surface area contributed by atoms with Crippen molar-refractivity contribution in [2.75, 3.05) is 6.54 Å². The maximum atomic E-state index is 13.6. The third-order valence-electron chi connectivity index (χ3n) is 6.92. The third-order valence-corrected chi connectivity index (χ3v) is 6.92. The van der Waals surface area contributed by atoms with E-state index in [1.54, 1.807) is 12.1 Å². The predicted octanol–water partition coefficient (Wildman–Crippen LogP) is 5.54. The molecule has 0 spiro atoms. The molecule has 1 N–H and O–H groups in total. The average Bonchev–Trinajstić information content (AvgIpc) is 3.63. The SMILES string of the molecule is O=C(NC1CC1)c1ccc(COc2ccc3c(c2)[C@@H](c2ccccc2)N(C(=O)c2ccccc2)CC3)o1. The van der Waals surface area contributed by atoms with Crippen LogP contribution >= 0.6 is 0 Å². The van der Waals surface area contributed by atoms with Crippen LogP contribution in [0.15, 0.2) is 95.4 Å². The third kappa shape index (κ3) is 5.00. The van der Waals surface area contributed by atoms with Crippen LogP contribution < -0.4 is 10.1 Å². The van der Waals surface area contributed by atoms with Gasteiger partial charge in [0.05, 0.1) is 6.04 Å². The molecular weight excluding hydrogens is 464 g/mol. The number of carbonyl (C=O) groups is 2. The fourth-order valence-corrected chi connectivity index (χ4v) is 4.86. The van der Waals surface area contributed by atoms with Crippen molar-refractivity contribution < 1.29 is 18.7 Å². The number of rotatable bonds is 7. The Morgan fingerprint density at radius 2 is 1.68 bits per heavy atom. The molecule has 0 bridgehead atoms. The van der Waals surface area contributed by atoms with Crippen LogP contribution in [0, 0.1) is 0 Å². The van der Waals surface area contributed by atoms with Gasteiger partial charge in [0, 0.05) is 18.2 Å². The molecular formula is C31H28N2O4. The van der Waals surface area contributed by atoms with Crippen molar-refractivity contribution in [2.24, 2.45) is 0 Å². The van der Waals surface area contributed by atoms with E-state index in [0.717, 1.165) is 30.4 Å². The maximum Gasteiger partial charge on any atom is 0.287 e. The normalized spacial score (nSPS) is 16.6. The highest BCUT2D eigenvalue weighted by molar-refractivity contribution is 5.95. The lowest BCUT2D eigenvalue weighted by atomic mass is 9.87. The molecule has 1 saturated carbocycles. The summed E-state index contributed by atoms with van der Waals surface area (Å²) >= 11 is 0. The molecule has 1 atom stereocenters. The van der Waals surface area contributed by atoms with Gasteiger partial charge in [0.15, 0.2) is 5.76 Å². The first-order valence-electron chi connectivity index (χ1n) is 12.7. The van der Waals surface area contributed by atoms with Crippen molar-refractivity contribution in [1.29, 1.82) is 0 Å². The van der Waals surface area contributed by atoms with E-state index in [-0.39, 0.29) is 30.5 Å². The molecule has 1 fully saturated rings. The Kier molecular flexibility index (Phi) is 6.23. The molecule has 6 heteroatoms.